The monoisotopic (exact) mass is 324 g/mol. The maximum Gasteiger partial charge on any atom is 0.122 e. The van der Waals surface area contributed by atoms with Crippen LogP contribution in [0.4, 0.5) is 0 Å². The highest BCUT2D eigenvalue weighted by molar-refractivity contribution is 9.10. The minimum Gasteiger partial charge on any atom is -0.382 e. The van der Waals surface area contributed by atoms with Gasteiger partial charge in [0.15, 0.2) is 0 Å². The van der Waals surface area contributed by atoms with Crippen LogP contribution in [0.3, 0.4) is 0 Å². The quantitative estimate of drug-likeness (QED) is 0.919. The number of halogens is 1. The van der Waals surface area contributed by atoms with E-state index in [1.807, 2.05) is 31.2 Å². The van der Waals surface area contributed by atoms with Crippen LogP contribution in [0.2, 0.25) is 0 Å². The average Bonchev–Trinajstić information content (AvgIpc) is 2.80. The van der Waals surface area contributed by atoms with E-state index in [9.17, 15) is 5.11 Å². The number of aliphatic hydroxyl groups excluding tert-OH is 1. The summed E-state index contributed by atoms with van der Waals surface area (Å²) in [6.45, 7) is 3.25. The van der Waals surface area contributed by atoms with Crippen LogP contribution in [0.25, 0.3) is 0 Å². The molecule has 1 heterocycles. The average molecular weight is 325 g/mol. The second-order valence-electron chi connectivity index (χ2n) is 4.27. The molecule has 5 heteroatoms. The topological polar surface area (TPSA) is 47.3 Å². The molecule has 2 rings (SSSR count). The molecule has 0 aliphatic heterocycles. The number of hydrogen-bond donors (Lipinski definition) is 1. The normalized spacial score (nSPS) is 12.6. The predicted molar refractivity (Wildman–Crippen MR) is 76.8 cm³/mol. The molecule has 1 N–H and O–H groups in total. The zero-order valence-corrected chi connectivity index (χ0v) is 12.6. The summed E-state index contributed by atoms with van der Waals surface area (Å²) in [5.74, 6) is 0. The molecular weight excluding hydrogens is 308 g/mol. The summed E-state index contributed by atoms with van der Waals surface area (Å²) in [4.78, 5) is 0. The highest BCUT2D eigenvalue weighted by atomic mass is 79.9. The predicted octanol–water partition coefficient (Wildman–Crippen LogP) is 2.89. The summed E-state index contributed by atoms with van der Waals surface area (Å²) in [5.41, 5.74) is 2.65. The molecule has 2 aromatic rings. The van der Waals surface area contributed by atoms with Crippen molar-refractivity contribution in [1.29, 1.82) is 0 Å². The molecular formula is C14H17BrN2O2. The van der Waals surface area contributed by atoms with Crippen molar-refractivity contribution in [2.75, 3.05) is 7.11 Å². The molecule has 0 amide bonds. The van der Waals surface area contributed by atoms with Crippen LogP contribution in [-0.4, -0.2) is 22.0 Å². The molecule has 0 radical (unpaired) electrons. The summed E-state index contributed by atoms with van der Waals surface area (Å²) in [6.07, 6.45) is 1.01. The molecule has 0 saturated heterocycles. The van der Waals surface area contributed by atoms with Gasteiger partial charge in [0, 0.05) is 13.7 Å². The molecule has 1 atom stereocenters. The van der Waals surface area contributed by atoms with E-state index in [4.69, 9.17) is 4.74 Å². The van der Waals surface area contributed by atoms with Crippen molar-refractivity contribution in [3.05, 3.63) is 51.8 Å². The van der Waals surface area contributed by atoms with Crippen molar-refractivity contribution < 1.29 is 9.84 Å². The highest BCUT2D eigenvalue weighted by Gasteiger charge is 2.19. The van der Waals surface area contributed by atoms with Crippen LogP contribution in [-0.2, 0) is 17.9 Å². The van der Waals surface area contributed by atoms with Crippen LogP contribution in [0.1, 0.15) is 29.8 Å². The SMILES string of the molecule is CCn1ncc(Br)c1C(O)c1cccc(COC)c1. The molecule has 1 aromatic heterocycles. The second kappa shape index (κ2) is 6.32. The first-order valence-electron chi connectivity index (χ1n) is 6.14. The van der Waals surface area contributed by atoms with E-state index in [1.165, 1.54) is 0 Å². The van der Waals surface area contributed by atoms with Gasteiger partial charge in [-0.3, -0.25) is 4.68 Å². The summed E-state index contributed by atoms with van der Waals surface area (Å²) < 4.78 is 7.72. The van der Waals surface area contributed by atoms with Gasteiger partial charge >= 0.3 is 0 Å². The number of nitrogens with zero attached hydrogens (tertiary/aromatic N) is 2. The molecule has 4 nitrogen and oxygen atoms in total. The number of aliphatic hydroxyl groups is 1. The van der Waals surface area contributed by atoms with E-state index in [1.54, 1.807) is 18.0 Å². The maximum atomic E-state index is 10.5. The van der Waals surface area contributed by atoms with Gasteiger partial charge in [0.2, 0.25) is 0 Å². The van der Waals surface area contributed by atoms with Gasteiger partial charge in [-0.05, 0) is 34.0 Å². The van der Waals surface area contributed by atoms with Crippen molar-refractivity contribution in [2.24, 2.45) is 0 Å². The van der Waals surface area contributed by atoms with E-state index < -0.39 is 6.10 Å². The summed E-state index contributed by atoms with van der Waals surface area (Å²) >= 11 is 3.44. The fraction of sp³-hybridized carbons (Fsp3) is 0.357. The van der Waals surface area contributed by atoms with Crippen molar-refractivity contribution in [3.8, 4) is 0 Å². The Kier molecular flexibility index (Phi) is 4.74. The Labute approximate surface area is 121 Å². The smallest absolute Gasteiger partial charge is 0.122 e. The standard InChI is InChI=1S/C14H17BrN2O2/c1-3-17-13(12(15)8-16-17)14(18)11-6-4-5-10(7-11)9-19-2/h4-8,14,18H,3,9H2,1-2H3. The lowest BCUT2D eigenvalue weighted by Gasteiger charge is -2.14. The lowest BCUT2D eigenvalue weighted by atomic mass is 10.0. The van der Waals surface area contributed by atoms with Crippen LogP contribution in [0.15, 0.2) is 34.9 Å². The number of benzene rings is 1. The third-order valence-corrected chi connectivity index (χ3v) is 3.58. The van der Waals surface area contributed by atoms with Gasteiger partial charge in [-0.15, -0.1) is 0 Å². The summed E-state index contributed by atoms with van der Waals surface area (Å²) in [7, 11) is 1.66. The lowest BCUT2D eigenvalue weighted by Crippen LogP contribution is -2.10. The number of rotatable bonds is 5. The van der Waals surface area contributed by atoms with Gasteiger partial charge in [-0.2, -0.15) is 5.10 Å². The first-order chi connectivity index (χ1) is 9.17. The van der Waals surface area contributed by atoms with E-state index in [-0.39, 0.29) is 0 Å². The second-order valence-corrected chi connectivity index (χ2v) is 5.13. The number of aryl methyl sites for hydroxylation is 1. The Morgan fingerprint density at radius 3 is 2.95 bits per heavy atom. The number of ether oxygens (including phenoxy) is 1. The molecule has 0 aliphatic carbocycles. The van der Waals surface area contributed by atoms with Crippen molar-refractivity contribution >= 4 is 15.9 Å². The molecule has 0 spiro atoms. The van der Waals surface area contributed by atoms with Crippen LogP contribution >= 0.6 is 15.9 Å². The molecule has 0 fully saturated rings. The van der Waals surface area contributed by atoms with Gasteiger partial charge in [0.05, 0.1) is 23.0 Å². The van der Waals surface area contributed by atoms with E-state index >= 15 is 0 Å². The van der Waals surface area contributed by atoms with Crippen molar-refractivity contribution in [3.63, 3.8) is 0 Å². The first-order valence-corrected chi connectivity index (χ1v) is 6.93. The van der Waals surface area contributed by atoms with Gasteiger partial charge in [0.25, 0.3) is 0 Å². The lowest BCUT2D eigenvalue weighted by molar-refractivity contribution is 0.183. The van der Waals surface area contributed by atoms with E-state index in [2.05, 4.69) is 21.0 Å². The molecule has 102 valence electrons. The molecule has 0 aliphatic rings. The third kappa shape index (κ3) is 3.05. The van der Waals surface area contributed by atoms with Gasteiger partial charge in [0.1, 0.15) is 6.10 Å². The number of methoxy groups -OCH3 is 1. The Balaban J connectivity index is 2.35. The third-order valence-electron chi connectivity index (χ3n) is 2.97. The highest BCUT2D eigenvalue weighted by Crippen LogP contribution is 2.29. The Morgan fingerprint density at radius 2 is 2.26 bits per heavy atom. The first kappa shape index (κ1) is 14.2. The molecule has 1 aromatic carbocycles. The largest absolute Gasteiger partial charge is 0.382 e. The van der Waals surface area contributed by atoms with Crippen LogP contribution in [0, 0.1) is 0 Å². The van der Waals surface area contributed by atoms with E-state index in [0.29, 0.717) is 6.61 Å². The molecule has 19 heavy (non-hydrogen) atoms. The zero-order valence-electron chi connectivity index (χ0n) is 11.0. The minimum absolute atomic E-state index is 0.536. The number of aromatic nitrogens is 2. The minimum atomic E-state index is -0.700. The summed E-state index contributed by atoms with van der Waals surface area (Å²) in [5, 5.41) is 14.8. The fourth-order valence-corrected chi connectivity index (χ4v) is 2.59. The number of hydrogen-bond acceptors (Lipinski definition) is 3. The Bertz CT molecular complexity index is 554. The molecule has 0 bridgehead atoms. The maximum absolute atomic E-state index is 10.5. The fourth-order valence-electron chi connectivity index (χ4n) is 2.07. The molecule has 1 unspecified atom stereocenters. The van der Waals surface area contributed by atoms with Crippen molar-refractivity contribution in [2.45, 2.75) is 26.2 Å². The van der Waals surface area contributed by atoms with Gasteiger partial charge in [-0.25, -0.2) is 0 Å². The Morgan fingerprint density at radius 1 is 1.47 bits per heavy atom. The Hall–Kier alpha value is -1.17. The van der Waals surface area contributed by atoms with Gasteiger partial charge < -0.3 is 9.84 Å². The van der Waals surface area contributed by atoms with Crippen molar-refractivity contribution in [1.82, 2.24) is 9.78 Å². The molecule has 0 saturated carbocycles. The van der Waals surface area contributed by atoms with E-state index in [0.717, 1.165) is 27.8 Å². The van der Waals surface area contributed by atoms with Crippen LogP contribution < -0.4 is 0 Å². The summed E-state index contributed by atoms with van der Waals surface area (Å²) in [6, 6.07) is 7.76. The van der Waals surface area contributed by atoms with Gasteiger partial charge in [-0.1, -0.05) is 24.3 Å². The zero-order chi connectivity index (χ0) is 13.8. The van der Waals surface area contributed by atoms with Crippen LogP contribution in [0.5, 0.6) is 0 Å².